The van der Waals surface area contributed by atoms with Gasteiger partial charge in [-0.15, -0.1) is 11.3 Å². The summed E-state index contributed by atoms with van der Waals surface area (Å²) in [5, 5.41) is 5.58. The van der Waals surface area contributed by atoms with E-state index in [4.69, 9.17) is 14.2 Å². The zero-order valence-corrected chi connectivity index (χ0v) is 18.8. The van der Waals surface area contributed by atoms with Crippen molar-refractivity contribution in [3.05, 3.63) is 76.0 Å². The molecule has 32 heavy (non-hydrogen) atoms. The number of amides is 1. The number of carbonyl (C=O) groups excluding carboxylic acids is 1. The zero-order valence-electron chi connectivity index (χ0n) is 18.0. The molecular formula is C25H26N2O4S. The van der Waals surface area contributed by atoms with Crippen LogP contribution in [0.1, 0.15) is 39.8 Å². The predicted molar refractivity (Wildman–Crippen MR) is 124 cm³/mol. The van der Waals surface area contributed by atoms with Gasteiger partial charge in [-0.05, 0) is 54.1 Å². The molecule has 0 saturated carbocycles. The first-order valence-corrected chi connectivity index (χ1v) is 11.7. The van der Waals surface area contributed by atoms with Crippen LogP contribution < -0.4 is 14.8 Å². The van der Waals surface area contributed by atoms with Gasteiger partial charge in [0.05, 0.1) is 18.8 Å². The van der Waals surface area contributed by atoms with Crippen molar-refractivity contribution >= 4 is 22.9 Å². The van der Waals surface area contributed by atoms with E-state index in [0.29, 0.717) is 30.2 Å². The van der Waals surface area contributed by atoms with Gasteiger partial charge in [0.1, 0.15) is 12.8 Å². The highest BCUT2D eigenvalue weighted by Crippen LogP contribution is 2.37. The number of nitrogens with one attached hydrogen (secondary N) is 1. The Bertz CT molecular complexity index is 1080. The van der Waals surface area contributed by atoms with E-state index in [0.717, 1.165) is 35.6 Å². The van der Waals surface area contributed by atoms with E-state index >= 15 is 0 Å². The minimum atomic E-state index is -0.318. The molecule has 0 spiro atoms. The summed E-state index contributed by atoms with van der Waals surface area (Å²) in [5.41, 5.74) is 2.46. The van der Waals surface area contributed by atoms with Gasteiger partial charge in [-0.2, -0.15) is 0 Å². The Morgan fingerprint density at radius 3 is 2.84 bits per heavy atom. The maximum absolute atomic E-state index is 13.4. The van der Waals surface area contributed by atoms with Crippen LogP contribution in [0.25, 0.3) is 0 Å². The monoisotopic (exact) mass is 450 g/mol. The first kappa shape index (κ1) is 20.8. The molecule has 2 atom stereocenters. The van der Waals surface area contributed by atoms with Gasteiger partial charge < -0.3 is 24.4 Å². The maximum Gasteiger partial charge on any atom is 0.257 e. The number of ether oxygens (including phenoxy) is 3. The number of rotatable bonds is 7. The zero-order chi connectivity index (χ0) is 21.9. The number of para-hydroxylation sites is 1. The summed E-state index contributed by atoms with van der Waals surface area (Å²) < 4.78 is 17.5. The number of thiophene rings is 1. The number of fused-ring (bicyclic) bond motifs is 1. The average Bonchev–Trinajstić information content (AvgIpc) is 3.54. The van der Waals surface area contributed by atoms with Gasteiger partial charge in [0, 0.05) is 23.7 Å². The third-order valence-corrected chi connectivity index (χ3v) is 6.75. The van der Waals surface area contributed by atoms with Crippen molar-refractivity contribution in [2.24, 2.45) is 0 Å². The van der Waals surface area contributed by atoms with Crippen LogP contribution >= 0.6 is 11.3 Å². The van der Waals surface area contributed by atoms with Gasteiger partial charge in [-0.3, -0.25) is 4.79 Å². The molecule has 3 heterocycles. The quantitative estimate of drug-likeness (QED) is 0.544. The lowest BCUT2D eigenvalue weighted by molar-refractivity contribution is 0.0426. The highest BCUT2D eigenvalue weighted by molar-refractivity contribution is 7.09. The second-order valence-electron chi connectivity index (χ2n) is 7.96. The lowest BCUT2D eigenvalue weighted by atomic mass is 10.0. The smallest absolute Gasteiger partial charge is 0.257 e. The lowest BCUT2D eigenvalue weighted by Crippen LogP contribution is -2.46. The van der Waals surface area contributed by atoms with Crippen LogP contribution in [0.4, 0.5) is 5.69 Å². The molecule has 0 bridgehead atoms. The number of methoxy groups -OCH3 is 1. The largest absolute Gasteiger partial charge is 0.493 e. The number of hydrogen-bond acceptors (Lipinski definition) is 6. The van der Waals surface area contributed by atoms with Gasteiger partial charge in [0.25, 0.3) is 5.91 Å². The maximum atomic E-state index is 13.4. The Labute approximate surface area is 191 Å². The highest BCUT2D eigenvalue weighted by Gasteiger charge is 2.35. The Morgan fingerprint density at radius 2 is 2.06 bits per heavy atom. The number of benzene rings is 2. The van der Waals surface area contributed by atoms with Crippen molar-refractivity contribution in [1.82, 2.24) is 4.90 Å². The van der Waals surface area contributed by atoms with Gasteiger partial charge in [0.15, 0.2) is 11.5 Å². The van der Waals surface area contributed by atoms with Gasteiger partial charge in [0.2, 0.25) is 0 Å². The van der Waals surface area contributed by atoms with Crippen LogP contribution in [-0.4, -0.2) is 37.2 Å². The molecule has 2 aromatic carbocycles. The summed E-state index contributed by atoms with van der Waals surface area (Å²) in [4.78, 5) is 16.4. The van der Waals surface area contributed by atoms with Gasteiger partial charge >= 0.3 is 0 Å². The third-order valence-electron chi connectivity index (χ3n) is 5.90. The minimum absolute atomic E-state index is 0.0110. The van der Waals surface area contributed by atoms with Crippen LogP contribution in [0.2, 0.25) is 0 Å². The molecule has 1 N–H and O–H groups in total. The third kappa shape index (κ3) is 4.18. The SMILES string of the molecule is COc1cc([C@@H]2Nc3ccccc3C(=O)N2C[C@H]2CCCO2)ccc1OCc1cccs1. The molecule has 1 saturated heterocycles. The Hall–Kier alpha value is -3.03. The fourth-order valence-corrected chi connectivity index (χ4v) is 4.89. The van der Waals surface area contributed by atoms with Crippen LogP contribution in [0.15, 0.2) is 60.0 Å². The second kappa shape index (κ2) is 9.22. The van der Waals surface area contributed by atoms with E-state index in [1.807, 2.05) is 64.9 Å². The summed E-state index contributed by atoms with van der Waals surface area (Å²) in [6.07, 6.45) is 1.74. The molecule has 7 heteroatoms. The van der Waals surface area contributed by atoms with Gasteiger partial charge in [-0.25, -0.2) is 0 Å². The lowest BCUT2D eigenvalue weighted by Gasteiger charge is -2.39. The molecular weight excluding hydrogens is 424 g/mol. The van der Waals surface area contributed by atoms with Crippen molar-refractivity contribution in [2.75, 3.05) is 25.6 Å². The average molecular weight is 451 g/mol. The summed E-state index contributed by atoms with van der Waals surface area (Å²) in [5.74, 6) is 1.33. The molecule has 1 amide bonds. The molecule has 5 rings (SSSR count). The molecule has 2 aliphatic rings. The summed E-state index contributed by atoms with van der Waals surface area (Å²) in [6, 6.07) is 17.6. The first-order valence-electron chi connectivity index (χ1n) is 10.8. The highest BCUT2D eigenvalue weighted by atomic mass is 32.1. The van der Waals surface area contributed by atoms with E-state index in [1.54, 1.807) is 18.4 Å². The van der Waals surface area contributed by atoms with Crippen molar-refractivity contribution in [1.29, 1.82) is 0 Å². The molecule has 0 aliphatic carbocycles. The molecule has 166 valence electrons. The Morgan fingerprint density at radius 1 is 1.16 bits per heavy atom. The number of nitrogens with zero attached hydrogens (tertiary/aromatic N) is 1. The van der Waals surface area contributed by atoms with E-state index in [-0.39, 0.29) is 18.2 Å². The van der Waals surface area contributed by atoms with E-state index in [1.165, 1.54) is 0 Å². The summed E-state index contributed by atoms with van der Waals surface area (Å²) >= 11 is 1.66. The standard InChI is InChI=1S/C25H26N2O4S/c1-29-23-14-17(10-11-22(23)31-16-19-7-5-13-32-19)24-26-21-9-3-2-8-20(21)25(28)27(24)15-18-6-4-12-30-18/h2-3,5,7-11,13-14,18,24,26H,4,6,12,15-16H2,1H3/t18-,24-/m1/s1. The van der Waals surface area contributed by atoms with E-state index in [9.17, 15) is 4.79 Å². The number of carbonyl (C=O) groups is 1. The summed E-state index contributed by atoms with van der Waals surface area (Å²) in [6.45, 7) is 1.79. The van der Waals surface area contributed by atoms with Crippen molar-refractivity contribution < 1.29 is 19.0 Å². The van der Waals surface area contributed by atoms with Gasteiger partial charge in [-0.1, -0.05) is 24.3 Å². The summed E-state index contributed by atoms with van der Waals surface area (Å²) in [7, 11) is 1.63. The second-order valence-corrected chi connectivity index (χ2v) is 9.00. The van der Waals surface area contributed by atoms with Crippen LogP contribution in [0, 0.1) is 0 Å². The van der Waals surface area contributed by atoms with Crippen LogP contribution in [0.5, 0.6) is 11.5 Å². The predicted octanol–water partition coefficient (Wildman–Crippen LogP) is 5.08. The van der Waals surface area contributed by atoms with Crippen molar-refractivity contribution in [2.45, 2.75) is 31.7 Å². The number of hydrogen-bond donors (Lipinski definition) is 1. The van der Waals surface area contributed by atoms with Crippen molar-refractivity contribution in [3.63, 3.8) is 0 Å². The Balaban J connectivity index is 1.44. The molecule has 1 fully saturated rings. The topological polar surface area (TPSA) is 60.0 Å². The first-order chi connectivity index (χ1) is 15.7. The minimum Gasteiger partial charge on any atom is -0.493 e. The normalized spacial score (nSPS) is 20.0. The Kier molecular flexibility index (Phi) is 6.01. The molecule has 1 aromatic heterocycles. The fraction of sp³-hybridized carbons (Fsp3) is 0.320. The molecule has 3 aromatic rings. The fourth-order valence-electron chi connectivity index (χ4n) is 4.27. The molecule has 0 radical (unpaired) electrons. The van der Waals surface area contributed by atoms with E-state index in [2.05, 4.69) is 5.32 Å². The van der Waals surface area contributed by atoms with Crippen LogP contribution in [-0.2, 0) is 11.3 Å². The molecule has 6 nitrogen and oxygen atoms in total. The van der Waals surface area contributed by atoms with E-state index < -0.39 is 0 Å². The number of anilines is 1. The molecule has 2 aliphatic heterocycles. The van der Waals surface area contributed by atoms with Crippen molar-refractivity contribution in [3.8, 4) is 11.5 Å². The molecule has 0 unspecified atom stereocenters. The van der Waals surface area contributed by atoms with Crippen LogP contribution in [0.3, 0.4) is 0 Å².